The van der Waals surface area contributed by atoms with Crippen molar-refractivity contribution in [1.82, 2.24) is 9.88 Å². The molecule has 0 saturated heterocycles. The normalized spacial score (nSPS) is 12.3. The van der Waals surface area contributed by atoms with Gasteiger partial charge in [-0.15, -0.1) is 0 Å². The molecule has 0 radical (unpaired) electrons. The van der Waals surface area contributed by atoms with Gasteiger partial charge in [0.05, 0.1) is 35.5 Å². The van der Waals surface area contributed by atoms with Crippen molar-refractivity contribution in [1.29, 1.82) is 0 Å². The zero-order chi connectivity index (χ0) is 32.9. The van der Waals surface area contributed by atoms with Crippen LogP contribution in [-0.2, 0) is 14.8 Å². The Balaban J connectivity index is 1.68. The summed E-state index contributed by atoms with van der Waals surface area (Å²) in [5, 5.41) is 11.8. The molecule has 0 spiro atoms. The number of Topliss-reactive ketones (excluding diaryl/α,β-unsaturated/α-hetero) is 1. The van der Waals surface area contributed by atoms with Gasteiger partial charge >= 0.3 is 6.09 Å². The number of ketones is 1. The van der Waals surface area contributed by atoms with E-state index in [2.05, 4.69) is 4.98 Å². The van der Waals surface area contributed by atoms with Crippen LogP contribution in [-0.4, -0.2) is 73.0 Å². The molecule has 0 unspecified atom stereocenters. The van der Waals surface area contributed by atoms with E-state index in [9.17, 15) is 23.1 Å². The molecule has 0 aliphatic rings. The number of aromatic hydroxyl groups is 1. The van der Waals surface area contributed by atoms with Crippen LogP contribution in [0.4, 0.5) is 16.2 Å². The molecular weight excluding hydrogens is 592 g/mol. The van der Waals surface area contributed by atoms with Crippen molar-refractivity contribution >= 4 is 49.9 Å². The Morgan fingerprint density at radius 2 is 1.62 bits per heavy atom. The summed E-state index contributed by atoms with van der Waals surface area (Å²) >= 11 is 0. The fraction of sp³-hybridized carbons (Fsp3) is 0.324. The summed E-state index contributed by atoms with van der Waals surface area (Å²) in [6.45, 7) is 7.39. The molecule has 1 amide bonds. The van der Waals surface area contributed by atoms with E-state index in [0.29, 0.717) is 45.5 Å². The van der Waals surface area contributed by atoms with Crippen LogP contribution in [0.5, 0.6) is 5.88 Å². The van der Waals surface area contributed by atoms with Gasteiger partial charge in [-0.1, -0.05) is 49.4 Å². The molecular formula is C34H40N4O6S. The van der Waals surface area contributed by atoms with Gasteiger partial charge in [0.1, 0.15) is 5.60 Å². The number of H-pyrrole nitrogens is 1. The highest BCUT2D eigenvalue weighted by molar-refractivity contribution is 7.92. The Bertz CT molecular complexity index is 1810. The zero-order valence-corrected chi connectivity index (χ0v) is 27.3. The number of carbonyl (C=O) groups is 2. The van der Waals surface area contributed by atoms with Crippen LogP contribution in [0.1, 0.15) is 62.0 Å². The molecule has 0 aliphatic carbocycles. The minimum absolute atomic E-state index is 0.0262. The van der Waals surface area contributed by atoms with E-state index in [-0.39, 0.29) is 24.8 Å². The number of aromatic nitrogens is 1. The second kappa shape index (κ2) is 13.6. The number of nitrogens with one attached hydrogen (secondary N) is 1. The number of likely N-dealkylation sites (N-methyl/N-ethyl adjacent to an activating group) is 1. The maximum absolute atomic E-state index is 12.7. The van der Waals surface area contributed by atoms with E-state index in [1.165, 1.54) is 9.21 Å². The van der Waals surface area contributed by atoms with Gasteiger partial charge in [0, 0.05) is 42.0 Å². The van der Waals surface area contributed by atoms with Crippen LogP contribution >= 0.6 is 0 Å². The quantitative estimate of drug-likeness (QED) is 0.140. The van der Waals surface area contributed by atoms with E-state index in [1.54, 1.807) is 64.2 Å². The van der Waals surface area contributed by atoms with Crippen molar-refractivity contribution in [2.75, 3.05) is 30.7 Å². The van der Waals surface area contributed by atoms with Crippen LogP contribution in [0.2, 0.25) is 0 Å². The SMILES string of the molecule is CCCC(=O)c1ccc2c(C(=Nc3ccc(N(CCN(C)C(=O)OC(C)(C)C)S(C)(=O)=O)cc3)c3ccccc3)c(O)[nH]c2c1. The minimum Gasteiger partial charge on any atom is -0.494 e. The average molecular weight is 633 g/mol. The van der Waals surface area contributed by atoms with E-state index >= 15 is 0 Å². The molecule has 1 heterocycles. The van der Waals surface area contributed by atoms with Gasteiger partial charge in [0.25, 0.3) is 0 Å². The maximum Gasteiger partial charge on any atom is 0.410 e. The molecule has 3 aromatic carbocycles. The van der Waals surface area contributed by atoms with Gasteiger partial charge in [-0.05, 0) is 57.5 Å². The summed E-state index contributed by atoms with van der Waals surface area (Å²) in [7, 11) is -2.12. The molecule has 10 nitrogen and oxygen atoms in total. The highest BCUT2D eigenvalue weighted by atomic mass is 32.2. The smallest absolute Gasteiger partial charge is 0.410 e. The summed E-state index contributed by atoms with van der Waals surface area (Å²) in [6, 6.07) is 21.4. The molecule has 238 valence electrons. The second-order valence-corrected chi connectivity index (χ2v) is 13.8. The molecule has 11 heteroatoms. The number of sulfonamides is 1. The Labute approximate surface area is 264 Å². The van der Waals surface area contributed by atoms with Crippen molar-refractivity contribution in [3.63, 3.8) is 0 Å². The van der Waals surface area contributed by atoms with Crippen molar-refractivity contribution in [2.24, 2.45) is 4.99 Å². The Morgan fingerprint density at radius 1 is 0.956 bits per heavy atom. The van der Waals surface area contributed by atoms with Gasteiger partial charge in [-0.3, -0.25) is 9.10 Å². The lowest BCUT2D eigenvalue weighted by Gasteiger charge is -2.27. The van der Waals surface area contributed by atoms with Crippen LogP contribution < -0.4 is 4.31 Å². The number of hydrogen-bond acceptors (Lipinski definition) is 7. The lowest BCUT2D eigenvalue weighted by molar-refractivity contribution is 0.0304. The number of rotatable bonds is 11. The number of anilines is 1. The van der Waals surface area contributed by atoms with Gasteiger partial charge in [-0.25, -0.2) is 18.2 Å². The van der Waals surface area contributed by atoms with Gasteiger partial charge in [0.2, 0.25) is 10.0 Å². The highest BCUT2D eigenvalue weighted by Crippen LogP contribution is 2.33. The molecule has 4 aromatic rings. The van der Waals surface area contributed by atoms with Crippen LogP contribution in [0.15, 0.2) is 77.8 Å². The predicted molar refractivity (Wildman–Crippen MR) is 178 cm³/mol. The third kappa shape index (κ3) is 8.30. The summed E-state index contributed by atoms with van der Waals surface area (Å²) in [4.78, 5) is 34.1. The maximum atomic E-state index is 12.7. The van der Waals surface area contributed by atoms with Crippen molar-refractivity contribution in [3.8, 4) is 5.88 Å². The van der Waals surface area contributed by atoms with Crippen molar-refractivity contribution < 1.29 is 27.9 Å². The molecule has 1 aromatic heterocycles. The van der Waals surface area contributed by atoms with Gasteiger partial charge < -0.3 is 19.7 Å². The zero-order valence-electron chi connectivity index (χ0n) is 26.5. The van der Waals surface area contributed by atoms with E-state index in [0.717, 1.165) is 18.2 Å². The number of hydrogen-bond donors (Lipinski definition) is 2. The molecule has 0 bridgehead atoms. The molecule has 0 fully saturated rings. The molecule has 4 rings (SSSR count). The third-order valence-corrected chi connectivity index (χ3v) is 8.18. The average Bonchev–Trinajstić information content (AvgIpc) is 3.30. The first-order valence-corrected chi connectivity index (χ1v) is 16.6. The topological polar surface area (TPSA) is 132 Å². The van der Waals surface area contributed by atoms with Gasteiger partial charge in [-0.2, -0.15) is 0 Å². The first-order valence-electron chi connectivity index (χ1n) is 14.7. The van der Waals surface area contributed by atoms with Crippen molar-refractivity contribution in [2.45, 2.75) is 46.1 Å². The second-order valence-electron chi connectivity index (χ2n) is 11.9. The lowest BCUT2D eigenvalue weighted by Crippen LogP contribution is -2.41. The van der Waals surface area contributed by atoms with E-state index in [1.807, 2.05) is 43.3 Å². The van der Waals surface area contributed by atoms with E-state index < -0.39 is 21.7 Å². The minimum atomic E-state index is -3.67. The third-order valence-electron chi connectivity index (χ3n) is 6.98. The van der Waals surface area contributed by atoms with Crippen molar-refractivity contribution in [3.05, 3.63) is 89.5 Å². The molecule has 45 heavy (non-hydrogen) atoms. The fourth-order valence-corrected chi connectivity index (χ4v) is 5.73. The number of amides is 1. The number of benzene rings is 3. The summed E-state index contributed by atoms with van der Waals surface area (Å²) in [6.07, 6.45) is 1.75. The molecule has 0 atom stereocenters. The number of aliphatic imine (C=N–C) groups is 1. The first-order chi connectivity index (χ1) is 21.2. The van der Waals surface area contributed by atoms with Crippen LogP contribution in [0.25, 0.3) is 10.9 Å². The molecule has 2 N–H and O–H groups in total. The van der Waals surface area contributed by atoms with Gasteiger partial charge in [0.15, 0.2) is 11.7 Å². The summed E-state index contributed by atoms with van der Waals surface area (Å²) in [5.41, 5.74) is 3.19. The number of fused-ring (bicyclic) bond motifs is 1. The highest BCUT2D eigenvalue weighted by Gasteiger charge is 2.23. The monoisotopic (exact) mass is 632 g/mol. The Hall–Kier alpha value is -4.64. The summed E-state index contributed by atoms with van der Waals surface area (Å²) < 4.78 is 32.0. The van der Waals surface area contributed by atoms with E-state index in [4.69, 9.17) is 9.73 Å². The van der Waals surface area contributed by atoms with Crippen LogP contribution in [0.3, 0.4) is 0 Å². The number of aromatic amines is 1. The number of nitrogens with zero attached hydrogens (tertiary/aromatic N) is 3. The fourth-order valence-electron chi connectivity index (χ4n) is 4.81. The lowest BCUT2D eigenvalue weighted by atomic mass is 9.99. The Kier molecular flexibility index (Phi) is 10.0. The Morgan fingerprint density at radius 3 is 2.22 bits per heavy atom. The number of carbonyl (C=O) groups excluding carboxylic acids is 2. The standard InChI is InChI=1S/C34H40N4O6S/c1-7-11-29(39)24-14-19-27-28(22-24)36-32(40)30(27)31(23-12-9-8-10-13-23)35-25-15-17-26(18-16-25)38(45(6,42)43)21-20-37(5)33(41)44-34(2,3)4/h8-10,12-19,22,36,40H,7,11,20-21H2,1-6H3. The molecule has 0 saturated carbocycles. The predicted octanol–water partition coefficient (Wildman–Crippen LogP) is 6.66. The van der Waals surface area contributed by atoms with Crippen LogP contribution in [0, 0.1) is 0 Å². The first kappa shape index (κ1) is 33.3. The molecule has 0 aliphatic heterocycles. The number of ether oxygens (including phenoxy) is 1. The summed E-state index contributed by atoms with van der Waals surface area (Å²) in [5.74, 6) is -0.0478. The largest absolute Gasteiger partial charge is 0.494 e.